The molecule has 6 nitrogen and oxygen atoms in total. The molecule has 3 N–H and O–H groups in total. The molecule has 0 aliphatic heterocycles. The average molecular weight is 343 g/mol. The van der Waals surface area contributed by atoms with Crippen molar-refractivity contribution in [3.63, 3.8) is 0 Å². The number of rotatable bonds is 4. The lowest BCUT2D eigenvalue weighted by molar-refractivity contribution is -0.123. The van der Waals surface area contributed by atoms with Crippen LogP contribution >= 0.6 is 12.2 Å². The van der Waals surface area contributed by atoms with E-state index in [1.165, 1.54) is 0 Å². The minimum Gasteiger partial charge on any atom is -0.484 e. The van der Waals surface area contributed by atoms with Gasteiger partial charge in [0.25, 0.3) is 11.8 Å². The van der Waals surface area contributed by atoms with Crippen LogP contribution in [0.4, 0.5) is 0 Å². The molecule has 0 saturated carbocycles. The van der Waals surface area contributed by atoms with E-state index >= 15 is 0 Å². The summed E-state index contributed by atoms with van der Waals surface area (Å²) < 4.78 is 5.28. The highest BCUT2D eigenvalue weighted by molar-refractivity contribution is 7.80. The first-order valence-electron chi connectivity index (χ1n) is 7.20. The van der Waals surface area contributed by atoms with E-state index in [1.807, 2.05) is 37.3 Å². The smallest absolute Gasteiger partial charge is 0.276 e. The number of hydrogen-bond donors (Lipinski definition) is 3. The standard InChI is InChI=1S/C17H17N3O3S/c1-12-7-5-6-10-14(12)16(22)18-17(24)20-19-15(21)11-23-13-8-3-2-4-9-13/h2-10H,11H2,1H3,(H,19,21)(H2,18,20,22,24). The fourth-order valence-corrected chi connectivity index (χ4v) is 2.00. The van der Waals surface area contributed by atoms with Gasteiger partial charge in [-0.2, -0.15) is 0 Å². The Labute approximate surface area is 145 Å². The molecule has 0 unspecified atom stereocenters. The number of aryl methyl sites for hydroxylation is 1. The van der Waals surface area contributed by atoms with Gasteiger partial charge in [0, 0.05) is 5.56 Å². The van der Waals surface area contributed by atoms with Crippen LogP contribution in [0.3, 0.4) is 0 Å². The Kier molecular flexibility index (Phi) is 6.27. The number of thiocarbonyl (C=S) groups is 1. The summed E-state index contributed by atoms with van der Waals surface area (Å²) >= 11 is 4.97. The van der Waals surface area contributed by atoms with Crippen LogP contribution in [0.25, 0.3) is 0 Å². The maximum absolute atomic E-state index is 12.1. The predicted molar refractivity (Wildman–Crippen MR) is 94.5 cm³/mol. The zero-order valence-corrected chi connectivity index (χ0v) is 13.9. The van der Waals surface area contributed by atoms with E-state index in [2.05, 4.69) is 16.2 Å². The van der Waals surface area contributed by atoms with Crippen LogP contribution in [-0.2, 0) is 4.79 Å². The Morgan fingerprint density at radius 3 is 2.38 bits per heavy atom. The highest BCUT2D eigenvalue weighted by Crippen LogP contribution is 2.07. The molecule has 0 spiro atoms. The molecule has 7 heteroatoms. The van der Waals surface area contributed by atoms with Crippen molar-refractivity contribution < 1.29 is 14.3 Å². The van der Waals surface area contributed by atoms with E-state index in [0.29, 0.717) is 11.3 Å². The highest BCUT2D eigenvalue weighted by atomic mass is 32.1. The van der Waals surface area contributed by atoms with Gasteiger partial charge in [-0.25, -0.2) is 0 Å². The van der Waals surface area contributed by atoms with Crippen LogP contribution in [-0.4, -0.2) is 23.5 Å². The monoisotopic (exact) mass is 343 g/mol. The summed E-state index contributed by atoms with van der Waals surface area (Å²) in [5, 5.41) is 2.49. The molecule has 0 heterocycles. The Morgan fingerprint density at radius 1 is 1.00 bits per heavy atom. The number of ether oxygens (including phenoxy) is 1. The number of amides is 2. The number of carbonyl (C=O) groups excluding carboxylic acids is 2. The SMILES string of the molecule is Cc1ccccc1C(=O)NC(=S)NNC(=O)COc1ccccc1. The van der Waals surface area contributed by atoms with Crippen LogP contribution in [0.5, 0.6) is 5.75 Å². The fourth-order valence-electron chi connectivity index (χ4n) is 1.86. The Hall–Kier alpha value is -2.93. The molecule has 0 saturated heterocycles. The highest BCUT2D eigenvalue weighted by Gasteiger charge is 2.10. The number of hydrogen-bond acceptors (Lipinski definition) is 4. The Morgan fingerprint density at radius 2 is 1.67 bits per heavy atom. The zero-order valence-electron chi connectivity index (χ0n) is 13.0. The van der Waals surface area contributed by atoms with Crippen molar-refractivity contribution in [3.8, 4) is 5.75 Å². The molecule has 0 bridgehead atoms. The van der Waals surface area contributed by atoms with Gasteiger partial charge in [0.15, 0.2) is 11.7 Å². The molecule has 0 fully saturated rings. The van der Waals surface area contributed by atoms with Gasteiger partial charge in [-0.05, 0) is 42.9 Å². The van der Waals surface area contributed by atoms with E-state index in [9.17, 15) is 9.59 Å². The summed E-state index contributed by atoms with van der Waals surface area (Å²) in [4.78, 5) is 23.7. The summed E-state index contributed by atoms with van der Waals surface area (Å²) in [6, 6.07) is 16.1. The minimum atomic E-state index is -0.425. The molecule has 0 radical (unpaired) electrons. The predicted octanol–water partition coefficient (Wildman–Crippen LogP) is 1.71. The second kappa shape index (κ2) is 8.64. The van der Waals surface area contributed by atoms with Gasteiger partial charge in [0.1, 0.15) is 5.75 Å². The molecule has 0 aliphatic carbocycles. The molecule has 2 aromatic carbocycles. The lowest BCUT2D eigenvalue weighted by atomic mass is 10.1. The third-order valence-electron chi connectivity index (χ3n) is 3.05. The van der Waals surface area contributed by atoms with Gasteiger partial charge in [0.05, 0.1) is 0 Å². The summed E-state index contributed by atoms with van der Waals surface area (Å²) in [6.07, 6.45) is 0. The Balaban J connectivity index is 1.73. The van der Waals surface area contributed by atoms with Gasteiger partial charge in [-0.3, -0.25) is 25.8 Å². The number of carbonyl (C=O) groups is 2. The topological polar surface area (TPSA) is 79.5 Å². The van der Waals surface area contributed by atoms with E-state index in [4.69, 9.17) is 17.0 Å². The van der Waals surface area contributed by atoms with Crippen molar-refractivity contribution in [2.24, 2.45) is 0 Å². The first-order valence-corrected chi connectivity index (χ1v) is 7.61. The normalized spacial score (nSPS) is 9.71. The second-order valence-electron chi connectivity index (χ2n) is 4.87. The average Bonchev–Trinajstić information content (AvgIpc) is 2.59. The molecule has 2 aromatic rings. The lowest BCUT2D eigenvalue weighted by Gasteiger charge is -2.12. The van der Waals surface area contributed by atoms with Gasteiger partial charge in [-0.1, -0.05) is 36.4 Å². The molecule has 24 heavy (non-hydrogen) atoms. The van der Waals surface area contributed by atoms with E-state index in [1.54, 1.807) is 24.3 Å². The molecule has 0 aromatic heterocycles. The van der Waals surface area contributed by atoms with Gasteiger partial charge < -0.3 is 4.74 Å². The van der Waals surface area contributed by atoms with Gasteiger partial charge in [-0.15, -0.1) is 0 Å². The zero-order chi connectivity index (χ0) is 17.4. The maximum Gasteiger partial charge on any atom is 0.276 e. The van der Waals surface area contributed by atoms with Crippen molar-refractivity contribution in [2.45, 2.75) is 6.92 Å². The Bertz CT molecular complexity index is 735. The van der Waals surface area contributed by atoms with Crippen molar-refractivity contribution in [1.29, 1.82) is 0 Å². The molecule has 124 valence electrons. The molecular weight excluding hydrogens is 326 g/mol. The molecular formula is C17H17N3O3S. The summed E-state index contributed by atoms with van der Waals surface area (Å²) in [6.45, 7) is 1.65. The second-order valence-corrected chi connectivity index (χ2v) is 5.28. The van der Waals surface area contributed by atoms with Crippen molar-refractivity contribution >= 4 is 29.1 Å². The molecule has 2 rings (SSSR count). The first kappa shape index (κ1) is 17.4. The summed E-state index contributed by atoms with van der Waals surface area (Å²) in [7, 11) is 0. The third-order valence-corrected chi connectivity index (χ3v) is 3.25. The molecule has 0 atom stereocenters. The summed E-state index contributed by atoms with van der Waals surface area (Å²) in [5.74, 6) is -0.185. The maximum atomic E-state index is 12.1. The van der Waals surface area contributed by atoms with E-state index in [-0.39, 0.29) is 17.6 Å². The third kappa shape index (κ3) is 5.36. The number of para-hydroxylation sites is 1. The molecule has 0 aliphatic rings. The number of nitrogens with one attached hydrogen (secondary N) is 3. The van der Waals surface area contributed by atoms with Crippen LogP contribution in [0.15, 0.2) is 54.6 Å². The molecule has 2 amide bonds. The largest absolute Gasteiger partial charge is 0.484 e. The van der Waals surface area contributed by atoms with Crippen LogP contribution < -0.4 is 20.9 Å². The van der Waals surface area contributed by atoms with Crippen LogP contribution in [0.1, 0.15) is 15.9 Å². The minimum absolute atomic E-state index is 0.00341. The summed E-state index contributed by atoms with van der Waals surface area (Å²) in [5.41, 5.74) is 6.16. The van der Waals surface area contributed by atoms with Gasteiger partial charge >= 0.3 is 0 Å². The lowest BCUT2D eigenvalue weighted by Crippen LogP contribution is -2.49. The van der Waals surface area contributed by atoms with E-state index < -0.39 is 5.91 Å². The fraction of sp³-hybridized carbons (Fsp3) is 0.118. The quantitative estimate of drug-likeness (QED) is 0.582. The van der Waals surface area contributed by atoms with Gasteiger partial charge in [0.2, 0.25) is 0 Å². The number of hydrazine groups is 1. The van der Waals surface area contributed by atoms with Crippen LogP contribution in [0.2, 0.25) is 0 Å². The van der Waals surface area contributed by atoms with E-state index in [0.717, 1.165) is 5.56 Å². The van der Waals surface area contributed by atoms with Crippen molar-refractivity contribution in [2.75, 3.05) is 6.61 Å². The van der Waals surface area contributed by atoms with Crippen LogP contribution in [0, 0.1) is 6.92 Å². The first-order chi connectivity index (χ1) is 11.6. The van der Waals surface area contributed by atoms with Crippen molar-refractivity contribution in [3.05, 3.63) is 65.7 Å². The van der Waals surface area contributed by atoms with Crippen molar-refractivity contribution in [1.82, 2.24) is 16.2 Å². The number of benzene rings is 2.